The predicted octanol–water partition coefficient (Wildman–Crippen LogP) is 1.91. The highest BCUT2D eigenvalue weighted by Gasteiger charge is 2.17. The van der Waals surface area contributed by atoms with E-state index in [2.05, 4.69) is 10.5 Å². The minimum absolute atomic E-state index is 0.0490. The molecule has 1 amide bonds. The van der Waals surface area contributed by atoms with E-state index in [1.807, 2.05) is 0 Å². The number of hydrogen-bond acceptors (Lipinski definition) is 8. The van der Waals surface area contributed by atoms with Crippen molar-refractivity contribution in [3.63, 3.8) is 0 Å². The summed E-state index contributed by atoms with van der Waals surface area (Å²) in [6, 6.07) is 7.86. The summed E-state index contributed by atoms with van der Waals surface area (Å²) in [6.07, 6.45) is 0.709. The molecule has 0 aliphatic rings. The average molecular weight is 374 g/mol. The zero-order chi connectivity index (χ0) is 20.0. The molecule has 11 nitrogen and oxygen atoms in total. The van der Waals surface area contributed by atoms with Crippen LogP contribution in [0.3, 0.4) is 0 Å². The number of phenols is 1. The third-order valence-corrected chi connectivity index (χ3v) is 3.45. The van der Waals surface area contributed by atoms with Gasteiger partial charge in [-0.3, -0.25) is 25.0 Å². The molecule has 0 heterocycles. The molecule has 0 aliphatic carbocycles. The molecule has 0 radical (unpaired) electrons. The topological polar surface area (TPSA) is 157 Å². The van der Waals surface area contributed by atoms with Gasteiger partial charge >= 0.3 is 0 Å². The lowest BCUT2D eigenvalue weighted by Gasteiger charge is -2.06. The summed E-state index contributed by atoms with van der Waals surface area (Å²) in [5.41, 5.74) is 1.77. The van der Waals surface area contributed by atoms with Gasteiger partial charge in [0.2, 0.25) is 5.91 Å². The third-order valence-electron chi connectivity index (χ3n) is 3.45. The zero-order valence-corrected chi connectivity index (χ0v) is 14.0. The number of rotatable bonds is 7. The maximum atomic E-state index is 11.9. The maximum absolute atomic E-state index is 11.9. The van der Waals surface area contributed by atoms with Crippen molar-refractivity contribution >= 4 is 23.5 Å². The molecule has 0 aromatic heterocycles. The summed E-state index contributed by atoms with van der Waals surface area (Å²) in [6.45, 7) is 0. The molecule has 2 rings (SSSR count). The van der Waals surface area contributed by atoms with E-state index in [0.29, 0.717) is 0 Å². The van der Waals surface area contributed by atoms with Gasteiger partial charge in [0, 0.05) is 23.3 Å². The number of hydrazone groups is 1. The molecular formula is C16H14N4O7. The number of benzene rings is 2. The minimum Gasteiger partial charge on any atom is -0.504 e. The number of phenolic OH excluding ortho intramolecular Hbond substituents is 1. The first-order chi connectivity index (χ1) is 12.8. The fraction of sp³-hybridized carbons (Fsp3) is 0.125. The van der Waals surface area contributed by atoms with Gasteiger partial charge in [0.25, 0.3) is 11.4 Å². The van der Waals surface area contributed by atoms with Crippen molar-refractivity contribution in [2.24, 2.45) is 5.10 Å². The lowest BCUT2D eigenvalue weighted by Crippen LogP contribution is -2.20. The van der Waals surface area contributed by atoms with Crippen molar-refractivity contribution < 1.29 is 24.5 Å². The number of carbonyl (C=O) groups is 1. The number of ether oxygens (including phenoxy) is 1. The van der Waals surface area contributed by atoms with Gasteiger partial charge in [-0.05, 0) is 0 Å². The summed E-state index contributed by atoms with van der Waals surface area (Å²) in [5, 5.41) is 35.4. The highest BCUT2D eigenvalue weighted by atomic mass is 16.6. The van der Waals surface area contributed by atoms with Gasteiger partial charge in [0.1, 0.15) is 0 Å². The lowest BCUT2D eigenvalue weighted by molar-refractivity contribution is -0.385. The van der Waals surface area contributed by atoms with Crippen LogP contribution in [0.2, 0.25) is 0 Å². The van der Waals surface area contributed by atoms with Crippen LogP contribution in [-0.2, 0) is 11.2 Å². The van der Waals surface area contributed by atoms with Gasteiger partial charge in [-0.2, -0.15) is 5.10 Å². The molecule has 27 heavy (non-hydrogen) atoms. The molecule has 0 fully saturated rings. The number of nitrogens with one attached hydrogen (secondary N) is 1. The van der Waals surface area contributed by atoms with Gasteiger partial charge in [0.05, 0.1) is 35.7 Å². The van der Waals surface area contributed by atoms with E-state index in [1.165, 1.54) is 25.3 Å². The van der Waals surface area contributed by atoms with Crippen molar-refractivity contribution in [1.29, 1.82) is 0 Å². The number of nitro groups is 2. The molecule has 0 saturated heterocycles. The van der Waals surface area contributed by atoms with Crippen LogP contribution in [-0.4, -0.2) is 34.2 Å². The summed E-state index contributed by atoms with van der Waals surface area (Å²) in [4.78, 5) is 32.5. The van der Waals surface area contributed by atoms with Crippen LogP contribution in [0.25, 0.3) is 0 Å². The van der Waals surface area contributed by atoms with Crippen LogP contribution in [0.1, 0.15) is 11.1 Å². The van der Waals surface area contributed by atoms with E-state index < -0.39 is 15.8 Å². The van der Waals surface area contributed by atoms with E-state index in [-0.39, 0.29) is 40.4 Å². The van der Waals surface area contributed by atoms with Crippen LogP contribution in [0.15, 0.2) is 41.5 Å². The SMILES string of the molecule is COc1cc([N+](=O)[O-])cc(C=NNC(=O)Cc2ccccc2[N+](=O)[O-])c1O. The highest BCUT2D eigenvalue weighted by molar-refractivity contribution is 5.88. The Balaban J connectivity index is 2.14. The fourth-order valence-electron chi connectivity index (χ4n) is 2.20. The molecule has 2 aromatic carbocycles. The van der Waals surface area contributed by atoms with Gasteiger partial charge in [0.15, 0.2) is 11.5 Å². The van der Waals surface area contributed by atoms with Gasteiger partial charge in [-0.15, -0.1) is 0 Å². The molecule has 0 saturated carbocycles. The van der Waals surface area contributed by atoms with E-state index in [9.17, 15) is 30.1 Å². The van der Waals surface area contributed by atoms with E-state index in [1.54, 1.807) is 6.07 Å². The quantitative estimate of drug-likeness (QED) is 0.425. The molecule has 2 aromatic rings. The molecule has 2 N–H and O–H groups in total. The van der Waals surface area contributed by atoms with Crippen molar-refractivity contribution in [2.75, 3.05) is 7.11 Å². The average Bonchev–Trinajstić information content (AvgIpc) is 2.63. The first-order valence-electron chi connectivity index (χ1n) is 7.43. The predicted molar refractivity (Wildman–Crippen MR) is 93.9 cm³/mol. The normalized spacial score (nSPS) is 10.6. The molecule has 0 unspecified atom stereocenters. The lowest BCUT2D eigenvalue weighted by atomic mass is 10.1. The van der Waals surface area contributed by atoms with Crippen molar-refractivity contribution in [3.8, 4) is 11.5 Å². The molecular weight excluding hydrogens is 360 g/mol. The number of nitrogens with zero attached hydrogens (tertiary/aromatic N) is 3. The van der Waals surface area contributed by atoms with Gasteiger partial charge < -0.3 is 9.84 Å². The monoisotopic (exact) mass is 374 g/mol. The third kappa shape index (κ3) is 4.75. The second kappa shape index (κ2) is 8.38. The number of para-hydroxylation sites is 1. The molecule has 0 aliphatic heterocycles. The zero-order valence-electron chi connectivity index (χ0n) is 14.0. The van der Waals surface area contributed by atoms with Crippen LogP contribution in [0, 0.1) is 20.2 Å². The summed E-state index contributed by atoms with van der Waals surface area (Å²) in [7, 11) is 1.23. The number of nitro benzene ring substituents is 2. The Labute approximate surface area is 152 Å². The van der Waals surface area contributed by atoms with Crippen LogP contribution in [0.5, 0.6) is 11.5 Å². The number of amides is 1. The largest absolute Gasteiger partial charge is 0.504 e. The van der Waals surface area contributed by atoms with Crippen molar-refractivity contribution in [2.45, 2.75) is 6.42 Å². The van der Waals surface area contributed by atoms with Crippen LogP contribution in [0.4, 0.5) is 11.4 Å². The first-order valence-corrected chi connectivity index (χ1v) is 7.43. The van der Waals surface area contributed by atoms with E-state index >= 15 is 0 Å². The Bertz CT molecular complexity index is 927. The molecule has 0 spiro atoms. The molecule has 0 atom stereocenters. The van der Waals surface area contributed by atoms with Crippen molar-refractivity contribution in [3.05, 3.63) is 67.8 Å². The summed E-state index contributed by atoms with van der Waals surface area (Å²) in [5.74, 6) is -1.16. The van der Waals surface area contributed by atoms with Crippen LogP contribution >= 0.6 is 0 Å². The summed E-state index contributed by atoms with van der Waals surface area (Å²) < 4.78 is 4.85. The number of non-ortho nitro benzene ring substituents is 1. The fourth-order valence-corrected chi connectivity index (χ4v) is 2.20. The Morgan fingerprint density at radius 3 is 2.59 bits per heavy atom. The standard InChI is InChI=1S/C16H14N4O7/c1-27-14-8-12(19(23)24)6-11(16(14)22)9-17-18-15(21)7-10-4-2-3-5-13(10)20(25)26/h2-6,8-9,22H,7H2,1H3,(H,18,21). The number of methoxy groups -OCH3 is 1. The molecule has 11 heteroatoms. The van der Waals surface area contributed by atoms with Crippen molar-refractivity contribution in [1.82, 2.24) is 5.43 Å². The Hall–Kier alpha value is -4.02. The Morgan fingerprint density at radius 2 is 1.96 bits per heavy atom. The number of aromatic hydroxyl groups is 1. The van der Waals surface area contributed by atoms with E-state index in [4.69, 9.17) is 4.74 Å². The Morgan fingerprint density at radius 1 is 1.26 bits per heavy atom. The number of hydrogen-bond donors (Lipinski definition) is 2. The summed E-state index contributed by atoms with van der Waals surface area (Å²) >= 11 is 0. The van der Waals surface area contributed by atoms with Gasteiger partial charge in [-0.1, -0.05) is 18.2 Å². The smallest absolute Gasteiger partial charge is 0.274 e. The van der Waals surface area contributed by atoms with Gasteiger partial charge in [-0.25, -0.2) is 5.43 Å². The molecule has 140 valence electrons. The minimum atomic E-state index is -0.674. The molecule has 0 bridgehead atoms. The first kappa shape index (κ1) is 19.3. The number of carbonyl (C=O) groups excluding carboxylic acids is 1. The second-order valence-electron chi connectivity index (χ2n) is 5.20. The Kier molecular flexibility index (Phi) is 5.99. The van der Waals surface area contributed by atoms with E-state index in [0.717, 1.165) is 18.3 Å². The van der Waals surface area contributed by atoms with Crippen LogP contribution < -0.4 is 10.2 Å². The maximum Gasteiger partial charge on any atom is 0.274 e. The highest BCUT2D eigenvalue weighted by Crippen LogP contribution is 2.33. The second-order valence-corrected chi connectivity index (χ2v) is 5.20.